The molecule has 0 unspecified atom stereocenters. The van der Waals surface area contributed by atoms with E-state index in [1.165, 1.54) is 0 Å². The summed E-state index contributed by atoms with van der Waals surface area (Å²) in [6.07, 6.45) is 7.57. The Labute approximate surface area is 243 Å². The summed E-state index contributed by atoms with van der Waals surface area (Å²) in [7, 11) is 0. The zero-order valence-corrected chi connectivity index (χ0v) is 24.6. The van der Waals surface area contributed by atoms with Gasteiger partial charge in [0.1, 0.15) is 18.2 Å². The van der Waals surface area contributed by atoms with Gasteiger partial charge in [-0.1, -0.05) is 6.07 Å². The Balaban J connectivity index is 1.28. The maximum absolute atomic E-state index is 11.4. The SMILES string of the molecule is CCOC(=O)COC[C@@H](C)N[C@H]1CC[C@H](Nc2cc(-c3cccc(NCC4(C#N)CCOCC4)n3)c(C)cn2)CC1. The molecule has 1 aliphatic carbocycles. The first-order chi connectivity index (χ1) is 19.9. The molecule has 3 N–H and O–H groups in total. The second kappa shape index (κ2) is 15.1. The zero-order valence-electron chi connectivity index (χ0n) is 24.6. The number of anilines is 2. The first-order valence-corrected chi connectivity index (χ1v) is 14.8. The molecule has 1 atom stereocenters. The number of aryl methyl sites for hydroxylation is 1. The van der Waals surface area contributed by atoms with Crippen molar-refractivity contribution in [1.82, 2.24) is 15.3 Å². The summed E-state index contributed by atoms with van der Waals surface area (Å²) in [6.45, 7) is 8.57. The predicted molar refractivity (Wildman–Crippen MR) is 159 cm³/mol. The highest BCUT2D eigenvalue weighted by atomic mass is 16.6. The van der Waals surface area contributed by atoms with Crippen LogP contribution in [0.15, 0.2) is 30.5 Å². The van der Waals surface area contributed by atoms with Gasteiger partial charge >= 0.3 is 5.97 Å². The van der Waals surface area contributed by atoms with Crippen LogP contribution < -0.4 is 16.0 Å². The maximum atomic E-state index is 11.4. The maximum Gasteiger partial charge on any atom is 0.332 e. The average Bonchev–Trinajstić information content (AvgIpc) is 2.99. The van der Waals surface area contributed by atoms with Crippen LogP contribution in [-0.4, -0.2) is 73.6 Å². The van der Waals surface area contributed by atoms with Crippen molar-refractivity contribution < 1.29 is 19.0 Å². The van der Waals surface area contributed by atoms with Crippen molar-refractivity contribution in [2.45, 2.75) is 77.4 Å². The van der Waals surface area contributed by atoms with Gasteiger partial charge in [-0.2, -0.15) is 5.26 Å². The molecule has 10 nitrogen and oxygen atoms in total. The molecule has 10 heteroatoms. The van der Waals surface area contributed by atoms with Gasteiger partial charge in [0.15, 0.2) is 0 Å². The third-order valence-corrected chi connectivity index (χ3v) is 7.92. The summed E-state index contributed by atoms with van der Waals surface area (Å²) in [6, 6.07) is 11.5. The smallest absolute Gasteiger partial charge is 0.332 e. The Morgan fingerprint density at radius 2 is 1.95 bits per heavy atom. The molecule has 0 amide bonds. The van der Waals surface area contributed by atoms with E-state index in [9.17, 15) is 10.1 Å². The number of rotatable bonds is 13. The molecule has 4 rings (SSSR count). The molecule has 1 saturated heterocycles. The Hall–Kier alpha value is -3.26. The molecule has 0 spiro atoms. The second-order valence-electron chi connectivity index (χ2n) is 11.2. The Morgan fingerprint density at radius 3 is 2.68 bits per heavy atom. The minimum absolute atomic E-state index is 0.00386. The van der Waals surface area contributed by atoms with Crippen LogP contribution in [0.4, 0.5) is 11.6 Å². The lowest BCUT2D eigenvalue weighted by molar-refractivity contribution is -0.148. The fraction of sp³-hybridized carbons (Fsp3) is 0.613. The van der Waals surface area contributed by atoms with Crippen LogP contribution in [0.5, 0.6) is 0 Å². The van der Waals surface area contributed by atoms with Crippen LogP contribution in [-0.2, 0) is 19.0 Å². The lowest BCUT2D eigenvalue weighted by Gasteiger charge is -2.32. The lowest BCUT2D eigenvalue weighted by Crippen LogP contribution is -2.43. The molecule has 2 aromatic heterocycles. The molecule has 0 radical (unpaired) electrons. The molecule has 3 heterocycles. The van der Waals surface area contributed by atoms with E-state index in [4.69, 9.17) is 19.2 Å². The molecule has 41 heavy (non-hydrogen) atoms. The molecular formula is C31H44N6O4. The highest BCUT2D eigenvalue weighted by Crippen LogP contribution is 2.31. The fourth-order valence-corrected chi connectivity index (χ4v) is 5.50. The number of hydrogen-bond donors (Lipinski definition) is 3. The number of nitriles is 1. The minimum Gasteiger partial charge on any atom is -0.464 e. The van der Waals surface area contributed by atoms with Gasteiger partial charge in [-0.05, 0) is 83.1 Å². The monoisotopic (exact) mass is 564 g/mol. The quantitative estimate of drug-likeness (QED) is 0.300. The van der Waals surface area contributed by atoms with Gasteiger partial charge in [-0.3, -0.25) is 0 Å². The van der Waals surface area contributed by atoms with Crippen molar-refractivity contribution in [2.24, 2.45) is 5.41 Å². The van der Waals surface area contributed by atoms with E-state index in [1.54, 1.807) is 6.92 Å². The number of carbonyl (C=O) groups excluding carboxylic acids is 1. The zero-order chi connectivity index (χ0) is 29.1. The summed E-state index contributed by atoms with van der Waals surface area (Å²) in [5, 5.41) is 20.4. The van der Waals surface area contributed by atoms with Gasteiger partial charge in [-0.25, -0.2) is 14.8 Å². The van der Waals surface area contributed by atoms with Gasteiger partial charge in [0.05, 0.1) is 30.4 Å². The van der Waals surface area contributed by atoms with Crippen molar-refractivity contribution in [1.29, 1.82) is 5.26 Å². The Morgan fingerprint density at radius 1 is 1.20 bits per heavy atom. The van der Waals surface area contributed by atoms with Crippen LogP contribution in [0.3, 0.4) is 0 Å². The highest BCUT2D eigenvalue weighted by molar-refractivity contribution is 5.70. The Bertz CT molecular complexity index is 1170. The van der Waals surface area contributed by atoms with Gasteiger partial charge in [0, 0.05) is 49.6 Å². The normalized spacial score (nSPS) is 20.9. The largest absolute Gasteiger partial charge is 0.464 e. The van der Waals surface area contributed by atoms with E-state index < -0.39 is 5.41 Å². The number of nitrogens with zero attached hydrogens (tertiary/aromatic N) is 3. The molecule has 1 aliphatic heterocycles. The van der Waals surface area contributed by atoms with E-state index in [0.717, 1.165) is 67.0 Å². The summed E-state index contributed by atoms with van der Waals surface area (Å²) >= 11 is 0. The van der Waals surface area contributed by atoms with Gasteiger partial charge in [0.25, 0.3) is 0 Å². The minimum atomic E-state index is -0.413. The number of esters is 1. The molecule has 222 valence electrons. The van der Waals surface area contributed by atoms with Crippen molar-refractivity contribution in [3.8, 4) is 17.3 Å². The molecule has 0 bridgehead atoms. The molecular weight excluding hydrogens is 520 g/mol. The molecule has 2 aromatic rings. The number of ether oxygens (including phenoxy) is 3. The Kier molecular flexibility index (Phi) is 11.3. The first-order valence-electron chi connectivity index (χ1n) is 14.8. The third kappa shape index (κ3) is 9.12. The van der Waals surface area contributed by atoms with Crippen molar-refractivity contribution in [3.63, 3.8) is 0 Å². The third-order valence-electron chi connectivity index (χ3n) is 7.92. The fourth-order valence-electron chi connectivity index (χ4n) is 5.50. The van der Waals surface area contributed by atoms with Crippen LogP contribution >= 0.6 is 0 Å². The van der Waals surface area contributed by atoms with E-state index >= 15 is 0 Å². The number of pyridine rings is 2. The average molecular weight is 565 g/mol. The van der Waals surface area contributed by atoms with E-state index in [1.807, 2.05) is 24.4 Å². The summed E-state index contributed by atoms with van der Waals surface area (Å²) in [5.41, 5.74) is 2.57. The number of hydrogen-bond acceptors (Lipinski definition) is 10. The highest BCUT2D eigenvalue weighted by Gasteiger charge is 2.32. The standard InChI is InChI=1S/C31H44N6O4/c1-4-41-30(38)19-40-18-23(3)35-24-8-10-25(11-9-24)36-29-16-26(22(2)17-33-29)27-6-5-7-28(37-27)34-21-31(20-32)12-14-39-15-13-31/h5-7,16-17,23-25,35H,4,8-15,18-19,21H2,1-3H3,(H,33,36)(H,34,37)/t23-,24-,25-/m1/s1. The van der Waals surface area contributed by atoms with Crippen LogP contribution in [0, 0.1) is 23.7 Å². The summed E-state index contributed by atoms with van der Waals surface area (Å²) in [4.78, 5) is 21.0. The molecule has 2 fully saturated rings. The molecule has 0 aromatic carbocycles. The lowest BCUT2D eigenvalue weighted by atomic mass is 9.82. The first kappa shape index (κ1) is 30.7. The molecule has 2 aliphatic rings. The van der Waals surface area contributed by atoms with Gasteiger partial charge < -0.3 is 30.2 Å². The number of aromatic nitrogens is 2. The summed E-state index contributed by atoms with van der Waals surface area (Å²) < 4.78 is 15.8. The van der Waals surface area contributed by atoms with Gasteiger partial charge in [0.2, 0.25) is 0 Å². The van der Waals surface area contributed by atoms with E-state index in [2.05, 4.69) is 46.9 Å². The van der Waals surface area contributed by atoms with Crippen molar-refractivity contribution >= 4 is 17.6 Å². The number of carbonyl (C=O) groups is 1. The van der Waals surface area contributed by atoms with Crippen molar-refractivity contribution in [2.75, 3.05) is 50.2 Å². The van der Waals surface area contributed by atoms with E-state index in [-0.39, 0.29) is 18.6 Å². The van der Waals surface area contributed by atoms with Gasteiger partial charge in [-0.15, -0.1) is 0 Å². The summed E-state index contributed by atoms with van der Waals surface area (Å²) in [5.74, 6) is 1.30. The van der Waals surface area contributed by atoms with Crippen LogP contribution in [0.25, 0.3) is 11.3 Å². The van der Waals surface area contributed by atoms with E-state index in [0.29, 0.717) is 45.1 Å². The second-order valence-corrected chi connectivity index (χ2v) is 11.2. The van der Waals surface area contributed by atoms with Crippen LogP contribution in [0.2, 0.25) is 0 Å². The predicted octanol–water partition coefficient (Wildman–Crippen LogP) is 4.47. The topological polar surface area (TPSA) is 130 Å². The van der Waals surface area contributed by atoms with Crippen LogP contribution in [0.1, 0.15) is 57.9 Å². The molecule has 1 saturated carbocycles. The van der Waals surface area contributed by atoms with Crippen molar-refractivity contribution in [3.05, 3.63) is 36.0 Å². The number of nitrogens with one attached hydrogen (secondary N) is 3.